The van der Waals surface area contributed by atoms with E-state index in [-0.39, 0.29) is 42.8 Å². The summed E-state index contributed by atoms with van der Waals surface area (Å²) >= 11 is 0. The maximum Gasteiger partial charge on any atom is 0.227 e. The fourth-order valence-electron chi connectivity index (χ4n) is 3.51. The summed E-state index contributed by atoms with van der Waals surface area (Å²) in [6.45, 7) is 10.3. The normalized spacial score (nSPS) is 14.1. The minimum Gasteiger partial charge on any atom is -0.507 e. The number of methoxy groups -OCH3 is 1. The van der Waals surface area contributed by atoms with Gasteiger partial charge in [0, 0.05) is 30.8 Å². The number of aromatic nitrogens is 2. The van der Waals surface area contributed by atoms with Crippen LogP contribution in [0.15, 0.2) is 12.1 Å². The first-order valence-electron chi connectivity index (χ1n) is 11.2. The van der Waals surface area contributed by atoms with Crippen molar-refractivity contribution in [2.75, 3.05) is 34.4 Å². The fourth-order valence-corrected chi connectivity index (χ4v) is 3.51. The third kappa shape index (κ3) is 5.09. The molecule has 1 atom stereocenters. The summed E-state index contributed by atoms with van der Waals surface area (Å²) in [6.07, 6.45) is 0.706. The first kappa shape index (κ1) is 24.5. The number of aliphatic hydroxyl groups is 1. The number of fused-ring (bicyclic) bond motifs is 1. The van der Waals surface area contributed by atoms with Crippen molar-refractivity contribution in [1.29, 1.82) is 0 Å². The van der Waals surface area contributed by atoms with Gasteiger partial charge in [0.05, 0.1) is 25.3 Å². The maximum absolute atomic E-state index is 10.4. The predicted molar refractivity (Wildman–Crippen MR) is 129 cm³/mol. The van der Waals surface area contributed by atoms with Gasteiger partial charge in [-0.05, 0) is 34.1 Å². The standard InChI is InChI=1S/C22H35N7O4/c1-7-14(11-30)24-22-25-20(23-10-16-17(31)8-15(33-6)9-18(16)32)19-21(26-22)29(13(4)5)27-28(19)12(2)3/h8-9,12-14,27,30-32H,7,10-11H2,1-6H3,(H2,23,24,25,26). The van der Waals surface area contributed by atoms with Crippen LogP contribution in [-0.4, -0.2) is 57.1 Å². The van der Waals surface area contributed by atoms with Gasteiger partial charge in [-0.15, -0.1) is 5.53 Å². The Bertz CT molecular complexity index is 943. The van der Waals surface area contributed by atoms with Crippen LogP contribution in [0.4, 0.5) is 23.3 Å². The molecule has 0 spiro atoms. The van der Waals surface area contributed by atoms with Gasteiger partial charge in [0.1, 0.15) is 22.9 Å². The highest BCUT2D eigenvalue weighted by molar-refractivity contribution is 5.83. The van der Waals surface area contributed by atoms with E-state index in [0.717, 1.165) is 5.69 Å². The highest BCUT2D eigenvalue weighted by Gasteiger charge is 2.35. The average Bonchev–Trinajstić information content (AvgIpc) is 3.17. The molecule has 2 aromatic rings. The first-order valence-corrected chi connectivity index (χ1v) is 11.2. The smallest absolute Gasteiger partial charge is 0.227 e. The van der Waals surface area contributed by atoms with E-state index in [1.807, 2.05) is 16.9 Å². The molecule has 33 heavy (non-hydrogen) atoms. The number of ether oxygens (including phenoxy) is 1. The van der Waals surface area contributed by atoms with Crippen LogP contribution < -0.4 is 30.9 Å². The molecular weight excluding hydrogens is 426 g/mol. The molecule has 0 bridgehead atoms. The highest BCUT2D eigenvalue weighted by Crippen LogP contribution is 2.41. The molecule has 11 nitrogen and oxygen atoms in total. The lowest BCUT2D eigenvalue weighted by atomic mass is 10.1. The van der Waals surface area contributed by atoms with Crippen molar-refractivity contribution in [1.82, 2.24) is 15.5 Å². The number of hydrogen-bond donors (Lipinski definition) is 6. The second kappa shape index (κ2) is 10.2. The molecule has 1 aliphatic heterocycles. The van der Waals surface area contributed by atoms with E-state index in [9.17, 15) is 15.3 Å². The summed E-state index contributed by atoms with van der Waals surface area (Å²) in [4.78, 5) is 9.40. The fraction of sp³-hybridized carbons (Fsp3) is 0.545. The molecule has 2 heterocycles. The van der Waals surface area contributed by atoms with Crippen LogP contribution in [0.1, 0.15) is 46.6 Å². The predicted octanol–water partition coefficient (Wildman–Crippen LogP) is 2.55. The number of benzene rings is 1. The van der Waals surface area contributed by atoms with Crippen molar-refractivity contribution in [2.45, 2.75) is 65.7 Å². The van der Waals surface area contributed by atoms with Crippen molar-refractivity contribution in [3.05, 3.63) is 17.7 Å². The Morgan fingerprint density at radius 1 is 1.06 bits per heavy atom. The Kier molecular flexibility index (Phi) is 7.54. The van der Waals surface area contributed by atoms with Crippen molar-refractivity contribution in [3.63, 3.8) is 0 Å². The molecule has 1 aromatic heterocycles. The van der Waals surface area contributed by atoms with Gasteiger partial charge in [-0.2, -0.15) is 9.97 Å². The zero-order valence-corrected chi connectivity index (χ0v) is 20.0. The number of phenolic OH excluding ortho intramolecular Hbond substituents is 2. The Balaban J connectivity index is 2.04. The largest absolute Gasteiger partial charge is 0.507 e. The summed E-state index contributed by atoms with van der Waals surface area (Å²) in [5.74, 6) is 1.78. The van der Waals surface area contributed by atoms with Crippen molar-refractivity contribution >= 4 is 23.3 Å². The number of rotatable bonds is 10. The van der Waals surface area contributed by atoms with Crippen LogP contribution in [-0.2, 0) is 6.54 Å². The van der Waals surface area contributed by atoms with Gasteiger partial charge in [-0.25, -0.2) is 0 Å². The third-order valence-corrected chi connectivity index (χ3v) is 5.47. The third-order valence-electron chi connectivity index (χ3n) is 5.47. The average molecular weight is 462 g/mol. The highest BCUT2D eigenvalue weighted by atomic mass is 16.5. The van der Waals surface area contributed by atoms with Crippen LogP contribution in [0, 0.1) is 0 Å². The summed E-state index contributed by atoms with van der Waals surface area (Å²) in [5, 5.41) is 40.8. The molecule has 3 rings (SSSR count). The molecule has 11 heteroatoms. The summed E-state index contributed by atoms with van der Waals surface area (Å²) in [7, 11) is 1.47. The van der Waals surface area contributed by atoms with Gasteiger partial charge in [0.2, 0.25) is 5.95 Å². The van der Waals surface area contributed by atoms with E-state index in [4.69, 9.17) is 9.72 Å². The molecular formula is C22H35N7O4. The van der Waals surface area contributed by atoms with Gasteiger partial charge in [-0.1, -0.05) is 6.92 Å². The van der Waals surface area contributed by atoms with E-state index in [1.165, 1.54) is 19.2 Å². The minimum absolute atomic E-state index is 0.0441. The number of phenols is 2. The number of hydrogen-bond acceptors (Lipinski definition) is 11. The number of nitrogens with zero attached hydrogens (tertiary/aromatic N) is 4. The van der Waals surface area contributed by atoms with Gasteiger partial charge >= 0.3 is 0 Å². The van der Waals surface area contributed by atoms with Crippen LogP contribution in [0.5, 0.6) is 17.2 Å². The van der Waals surface area contributed by atoms with Gasteiger partial charge in [0.25, 0.3) is 0 Å². The van der Waals surface area contributed by atoms with Gasteiger partial charge in [-0.3, -0.25) is 10.0 Å². The second-order valence-electron chi connectivity index (χ2n) is 8.53. The Morgan fingerprint density at radius 2 is 1.70 bits per heavy atom. The van der Waals surface area contributed by atoms with Gasteiger partial charge < -0.3 is 30.7 Å². The number of aromatic hydroxyl groups is 2. The van der Waals surface area contributed by atoms with Crippen LogP contribution in [0.3, 0.4) is 0 Å². The molecule has 1 aromatic carbocycles. The molecule has 1 unspecified atom stereocenters. The summed E-state index contributed by atoms with van der Waals surface area (Å²) in [5.41, 5.74) is 4.45. The quantitative estimate of drug-likeness (QED) is 0.311. The Hall–Kier alpha value is -3.18. The van der Waals surface area contributed by atoms with Crippen molar-refractivity contribution in [3.8, 4) is 17.2 Å². The van der Waals surface area contributed by atoms with E-state index >= 15 is 0 Å². The second-order valence-corrected chi connectivity index (χ2v) is 8.53. The summed E-state index contributed by atoms with van der Waals surface area (Å²) in [6, 6.07) is 2.92. The van der Waals surface area contributed by atoms with Gasteiger partial charge in [0.15, 0.2) is 11.6 Å². The van der Waals surface area contributed by atoms with Crippen LogP contribution in [0.25, 0.3) is 0 Å². The topological polar surface area (TPSA) is 138 Å². The molecule has 0 saturated heterocycles. The minimum atomic E-state index is -0.186. The van der Waals surface area contributed by atoms with Crippen molar-refractivity contribution < 1.29 is 20.1 Å². The zero-order valence-electron chi connectivity index (χ0n) is 20.0. The van der Waals surface area contributed by atoms with Crippen LogP contribution >= 0.6 is 0 Å². The number of hydrazine groups is 2. The molecule has 0 amide bonds. The van der Waals surface area contributed by atoms with Crippen LogP contribution in [0.2, 0.25) is 0 Å². The molecule has 0 fully saturated rings. The van der Waals surface area contributed by atoms with E-state index in [0.29, 0.717) is 35.3 Å². The Labute approximate surface area is 194 Å². The summed E-state index contributed by atoms with van der Waals surface area (Å²) < 4.78 is 5.09. The molecule has 0 radical (unpaired) electrons. The lowest BCUT2D eigenvalue weighted by Gasteiger charge is -2.27. The molecule has 0 saturated carbocycles. The SMILES string of the molecule is CCC(CO)Nc1nc(NCc2c(O)cc(OC)cc2O)c2c(n1)N(C(C)C)NN2C(C)C. The molecule has 1 aliphatic rings. The van der Waals surface area contributed by atoms with E-state index < -0.39 is 0 Å². The van der Waals surface area contributed by atoms with Crippen molar-refractivity contribution in [2.24, 2.45) is 0 Å². The number of anilines is 4. The zero-order chi connectivity index (χ0) is 24.3. The molecule has 0 aliphatic carbocycles. The molecule has 182 valence electrons. The monoisotopic (exact) mass is 461 g/mol. The lowest BCUT2D eigenvalue weighted by molar-refractivity contribution is 0.271. The molecule has 6 N–H and O–H groups in total. The first-order chi connectivity index (χ1) is 15.7. The number of aliphatic hydroxyl groups excluding tert-OH is 1. The maximum atomic E-state index is 10.4. The number of nitrogens with one attached hydrogen (secondary N) is 3. The van der Waals surface area contributed by atoms with E-state index in [1.54, 1.807) is 0 Å². The van der Waals surface area contributed by atoms with E-state index in [2.05, 4.69) is 48.8 Å². The Morgan fingerprint density at radius 3 is 2.21 bits per heavy atom. The lowest BCUT2D eigenvalue weighted by Crippen LogP contribution is -2.50.